The van der Waals surface area contributed by atoms with Crippen LogP contribution in [0.25, 0.3) is 5.65 Å². The van der Waals surface area contributed by atoms with E-state index in [9.17, 15) is 27.5 Å². The Morgan fingerprint density at radius 3 is 2.80 bits per heavy atom. The molecule has 11 heteroatoms. The zero-order valence-electron chi connectivity index (χ0n) is 15.8. The van der Waals surface area contributed by atoms with Gasteiger partial charge >= 0.3 is 6.18 Å². The third-order valence-electron chi connectivity index (χ3n) is 4.22. The van der Waals surface area contributed by atoms with Crippen LogP contribution in [0.4, 0.5) is 17.6 Å². The SMILES string of the molecule is Cc1cnc2c(C(=O)NCCOC[C@H](O)c3ccc(C(F)(F)F)cc3F)cnn2c1. The van der Waals surface area contributed by atoms with E-state index < -0.39 is 29.6 Å². The van der Waals surface area contributed by atoms with Crippen LogP contribution in [0.3, 0.4) is 0 Å². The van der Waals surface area contributed by atoms with Crippen LogP contribution in [0.15, 0.2) is 36.8 Å². The van der Waals surface area contributed by atoms with Crippen molar-refractivity contribution in [3.05, 3.63) is 64.9 Å². The lowest BCUT2D eigenvalue weighted by Crippen LogP contribution is -2.27. The highest BCUT2D eigenvalue weighted by molar-refractivity contribution is 5.99. The molecule has 2 heterocycles. The Bertz CT molecular complexity index is 1050. The molecular weight excluding hydrogens is 408 g/mol. The third kappa shape index (κ3) is 4.92. The number of aliphatic hydroxyl groups is 1. The molecule has 0 aliphatic heterocycles. The fourth-order valence-corrected chi connectivity index (χ4v) is 2.72. The van der Waals surface area contributed by atoms with Crippen molar-refractivity contribution in [1.82, 2.24) is 19.9 Å². The lowest BCUT2D eigenvalue weighted by Gasteiger charge is -2.14. The Labute approximate surface area is 168 Å². The molecule has 2 N–H and O–H groups in total. The maximum Gasteiger partial charge on any atom is 0.416 e. The predicted octanol–water partition coefficient (Wildman–Crippen LogP) is 2.68. The Kier molecular flexibility index (Phi) is 6.32. The zero-order valence-corrected chi connectivity index (χ0v) is 15.8. The minimum Gasteiger partial charge on any atom is -0.386 e. The summed E-state index contributed by atoms with van der Waals surface area (Å²) in [6.45, 7) is 1.58. The van der Waals surface area contributed by atoms with Gasteiger partial charge in [0.1, 0.15) is 17.5 Å². The Hall–Kier alpha value is -3.05. The lowest BCUT2D eigenvalue weighted by molar-refractivity contribution is -0.137. The van der Waals surface area contributed by atoms with Crippen LogP contribution in [-0.4, -0.2) is 45.4 Å². The van der Waals surface area contributed by atoms with Crippen LogP contribution in [0, 0.1) is 12.7 Å². The van der Waals surface area contributed by atoms with Gasteiger partial charge < -0.3 is 15.2 Å². The van der Waals surface area contributed by atoms with Gasteiger partial charge in [-0.2, -0.15) is 18.3 Å². The number of carbonyl (C=O) groups is 1. The van der Waals surface area contributed by atoms with E-state index in [-0.39, 0.29) is 30.9 Å². The number of aryl methyl sites for hydroxylation is 1. The molecule has 0 aliphatic carbocycles. The summed E-state index contributed by atoms with van der Waals surface area (Å²) in [5.41, 5.74) is 0.111. The summed E-state index contributed by atoms with van der Waals surface area (Å²) >= 11 is 0. The van der Waals surface area contributed by atoms with E-state index in [0.29, 0.717) is 17.8 Å². The monoisotopic (exact) mass is 426 g/mol. The fraction of sp³-hybridized carbons (Fsp3) is 0.316. The minimum absolute atomic E-state index is 0.00317. The third-order valence-corrected chi connectivity index (χ3v) is 4.22. The van der Waals surface area contributed by atoms with E-state index in [2.05, 4.69) is 15.4 Å². The molecule has 1 aromatic carbocycles. The first-order chi connectivity index (χ1) is 14.2. The quantitative estimate of drug-likeness (QED) is 0.448. The van der Waals surface area contributed by atoms with E-state index in [1.807, 2.05) is 6.92 Å². The molecule has 0 unspecified atom stereocenters. The Morgan fingerprint density at radius 1 is 1.33 bits per heavy atom. The van der Waals surface area contributed by atoms with E-state index >= 15 is 0 Å². The van der Waals surface area contributed by atoms with Crippen LogP contribution in [0.5, 0.6) is 0 Å². The molecule has 0 aliphatic rings. The number of halogens is 4. The smallest absolute Gasteiger partial charge is 0.386 e. The van der Waals surface area contributed by atoms with Gasteiger partial charge in [-0.15, -0.1) is 0 Å². The normalized spacial score (nSPS) is 12.9. The highest BCUT2D eigenvalue weighted by Gasteiger charge is 2.31. The van der Waals surface area contributed by atoms with Crippen molar-refractivity contribution in [1.29, 1.82) is 0 Å². The molecule has 1 amide bonds. The highest BCUT2D eigenvalue weighted by atomic mass is 19.4. The molecule has 1 atom stereocenters. The zero-order chi connectivity index (χ0) is 21.9. The van der Waals surface area contributed by atoms with Gasteiger partial charge in [-0.25, -0.2) is 13.9 Å². The molecule has 0 spiro atoms. The average molecular weight is 426 g/mol. The fourth-order valence-electron chi connectivity index (χ4n) is 2.72. The Balaban J connectivity index is 1.47. The maximum absolute atomic E-state index is 13.8. The first kappa shape index (κ1) is 21.7. The van der Waals surface area contributed by atoms with Gasteiger partial charge in [-0.3, -0.25) is 4.79 Å². The second kappa shape index (κ2) is 8.76. The van der Waals surface area contributed by atoms with Gasteiger partial charge in [0.25, 0.3) is 5.91 Å². The van der Waals surface area contributed by atoms with Crippen molar-refractivity contribution in [2.24, 2.45) is 0 Å². The molecule has 0 bridgehead atoms. The molecule has 0 radical (unpaired) electrons. The van der Waals surface area contributed by atoms with Crippen LogP contribution in [0.1, 0.15) is 33.2 Å². The molecule has 0 saturated heterocycles. The number of aliphatic hydroxyl groups excluding tert-OH is 1. The van der Waals surface area contributed by atoms with Crippen molar-refractivity contribution in [2.75, 3.05) is 19.8 Å². The van der Waals surface area contributed by atoms with Crippen molar-refractivity contribution >= 4 is 11.6 Å². The number of hydrogen-bond acceptors (Lipinski definition) is 5. The molecule has 3 aromatic rings. The number of nitrogens with one attached hydrogen (secondary N) is 1. The number of alkyl halides is 3. The van der Waals surface area contributed by atoms with Gasteiger partial charge in [0.05, 0.1) is 25.0 Å². The summed E-state index contributed by atoms with van der Waals surface area (Å²) in [4.78, 5) is 16.4. The largest absolute Gasteiger partial charge is 0.416 e. The predicted molar refractivity (Wildman–Crippen MR) is 97.2 cm³/mol. The number of nitrogens with zero attached hydrogens (tertiary/aromatic N) is 3. The van der Waals surface area contributed by atoms with E-state index in [4.69, 9.17) is 4.74 Å². The van der Waals surface area contributed by atoms with Crippen molar-refractivity contribution < 1.29 is 32.2 Å². The number of aromatic nitrogens is 3. The molecule has 0 fully saturated rings. The van der Waals surface area contributed by atoms with E-state index in [1.54, 1.807) is 12.4 Å². The van der Waals surface area contributed by atoms with E-state index in [0.717, 1.165) is 11.6 Å². The molecule has 3 rings (SSSR count). The maximum atomic E-state index is 13.8. The summed E-state index contributed by atoms with van der Waals surface area (Å²) in [5.74, 6) is -1.59. The summed E-state index contributed by atoms with van der Waals surface area (Å²) in [5, 5.41) is 16.6. The number of rotatable bonds is 7. The van der Waals surface area contributed by atoms with Gasteiger partial charge in [0.2, 0.25) is 0 Å². The molecule has 0 saturated carbocycles. The topological polar surface area (TPSA) is 88.8 Å². The number of amides is 1. The van der Waals surface area contributed by atoms with Gasteiger partial charge in [0.15, 0.2) is 5.65 Å². The van der Waals surface area contributed by atoms with Gasteiger partial charge in [0, 0.05) is 24.5 Å². The lowest BCUT2D eigenvalue weighted by atomic mass is 10.1. The second-order valence-electron chi connectivity index (χ2n) is 6.54. The second-order valence-corrected chi connectivity index (χ2v) is 6.54. The van der Waals surface area contributed by atoms with Gasteiger partial charge in [-0.1, -0.05) is 6.07 Å². The van der Waals surface area contributed by atoms with Crippen LogP contribution >= 0.6 is 0 Å². The minimum atomic E-state index is -4.67. The van der Waals surface area contributed by atoms with E-state index in [1.165, 1.54) is 10.7 Å². The van der Waals surface area contributed by atoms with Crippen molar-refractivity contribution in [3.63, 3.8) is 0 Å². The Morgan fingerprint density at radius 2 is 2.10 bits per heavy atom. The van der Waals surface area contributed by atoms with Crippen molar-refractivity contribution in [3.8, 4) is 0 Å². The number of hydrogen-bond donors (Lipinski definition) is 2. The molecule has 7 nitrogen and oxygen atoms in total. The first-order valence-electron chi connectivity index (χ1n) is 8.87. The number of benzene rings is 1. The molecular formula is C19H18F4N4O3. The summed E-state index contributed by atoms with van der Waals surface area (Å²) in [6.07, 6.45) is -1.40. The highest BCUT2D eigenvalue weighted by Crippen LogP contribution is 2.31. The first-order valence-corrected chi connectivity index (χ1v) is 8.87. The summed E-state index contributed by atoms with van der Waals surface area (Å²) < 4.78 is 58.2. The molecule has 2 aromatic heterocycles. The van der Waals surface area contributed by atoms with Crippen molar-refractivity contribution in [2.45, 2.75) is 19.2 Å². The van der Waals surface area contributed by atoms with Gasteiger partial charge in [-0.05, 0) is 24.6 Å². The standard InChI is InChI=1S/C19H18F4N4O3/c1-11-7-25-17-14(8-26-27(17)9-11)18(29)24-4-5-30-10-16(28)13-3-2-12(6-15(13)20)19(21,22)23/h2-3,6-9,16,28H,4-5,10H2,1H3,(H,24,29)/t16-/m0/s1. The summed E-state index contributed by atoms with van der Waals surface area (Å²) in [6, 6.07) is 1.88. The number of ether oxygens (including phenoxy) is 1. The molecule has 30 heavy (non-hydrogen) atoms. The molecule has 160 valence electrons. The van der Waals surface area contributed by atoms with Crippen LogP contribution in [0.2, 0.25) is 0 Å². The van der Waals surface area contributed by atoms with Crippen LogP contribution < -0.4 is 5.32 Å². The number of fused-ring (bicyclic) bond motifs is 1. The van der Waals surface area contributed by atoms with Crippen LogP contribution in [-0.2, 0) is 10.9 Å². The number of carbonyl (C=O) groups excluding carboxylic acids is 1. The average Bonchev–Trinajstić information content (AvgIpc) is 3.09. The summed E-state index contributed by atoms with van der Waals surface area (Å²) in [7, 11) is 0.